The molecule has 2 aliphatic rings. The van der Waals surface area contributed by atoms with Crippen molar-refractivity contribution in [2.24, 2.45) is 5.92 Å². The molecule has 9 heteroatoms. The second-order valence-corrected chi connectivity index (χ2v) is 9.40. The van der Waals surface area contributed by atoms with Crippen LogP contribution in [0.3, 0.4) is 0 Å². The molecular weight excluding hydrogens is 396 g/mol. The number of esters is 1. The average molecular weight is 418 g/mol. The number of carbonyl (C=O) groups excluding carboxylic acids is 1. The molecule has 0 saturated heterocycles. The number of ether oxygens (including phenoxy) is 1. The van der Waals surface area contributed by atoms with E-state index >= 15 is 0 Å². The van der Waals surface area contributed by atoms with Gasteiger partial charge in [-0.2, -0.15) is 5.10 Å². The number of carbonyl (C=O) groups is 2. The summed E-state index contributed by atoms with van der Waals surface area (Å²) in [4.78, 5) is 24.0. The van der Waals surface area contributed by atoms with E-state index in [-0.39, 0.29) is 34.9 Å². The lowest BCUT2D eigenvalue weighted by Crippen LogP contribution is -2.25. The van der Waals surface area contributed by atoms with Gasteiger partial charge in [0.15, 0.2) is 15.5 Å². The number of hydrogen-bond acceptors (Lipinski definition) is 6. The van der Waals surface area contributed by atoms with Gasteiger partial charge in [0.25, 0.3) is 0 Å². The van der Waals surface area contributed by atoms with Gasteiger partial charge in [-0.1, -0.05) is 18.2 Å². The van der Waals surface area contributed by atoms with Crippen LogP contribution in [0.25, 0.3) is 11.3 Å². The van der Waals surface area contributed by atoms with Gasteiger partial charge in [0.1, 0.15) is 0 Å². The molecule has 154 valence electrons. The first kappa shape index (κ1) is 19.6. The van der Waals surface area contributed by atoms with Crippen LogP contribution >= 0.6 is 0 Å². The number of aromatic nitrogens is 2. The SMILES string of the molecule is CCOC(=O)c1nn(C2CCC(C(=O)O)CC2)c2c1CS(=O)(=O)c1ccccc1-2. The summed E-state index contributed by atoms with van der Waals surface area (Å²) in [5.74, 6) is -2.13. The molecule has 2 heterocycles. The Bertz CT molecular complexity index is 1080. The number of rotatable bonds is 4. The molecule has 1 aromatic heterocycles. The van der Waals surface area contributed by atoms with Crippen molar-refractivity contribution in [2.75, 3.05) is 6.61 Å². The first-order valence-corrected chi connectivity index (χ1v) is 11.3. The monoisotopic (exact) mass is 418 g/mol. The van der Waals surface area contributed by atoms with Crippen LogP contribution in [-0.2, 0) is 25.1 Å². The first-order chi connectivity index (χ1) is 13.8. The quantitative estimate of drug-likeness (QED) is 0.759. The number of aliphatic carboxylic acids is 1. The molecule has 1 aliphatic carbocycles. The van der Waals surface area contributed by atoms with Crippen molar-refractivity contribution in [3.8, 4) is 11.3 Å². The van der Waals surface area contributed by atoms with Crippen LogP contribution in [0.4, 0.5) is 0 Å². The number of carboxylic acids is 1. The number of sulfone groups is 1. The minimum atomic E-state index is -3.60. The Labute approximate surface area is 168 Å². The van der Waals surface area contributed by atoms with E-state index < -0.39 is 21.8 Å². The highest BCUT2D eigenvalue weighted by atomic mass is 32.2. The van der Waals surface area contributed by atoms with Crippen molar-refractivity contribution < 1.29 is 27.9 Å². The van der Waals surface area contributed by atoms with Crippen LogP contribution in [-0.4, -0.2) is 41.9 Å². The Kier molecular flexibility index (Phi) is 4.94. The molecule has 0 atom stereocenters. The second kappa shape index (κ2) is 7.29. The zero-order valence-electron chi connectivity index (χ0n) is 16.0. The van der Waals surface area contributed by atoms with Crippen molar-refractivity contribution in [1.29, 1.82) is 0 Å². The topological polar surface area (TPSA) is 116 Å². The number of fused-ring (bicyclic) bond motifs is 3. The third-order valence-electron chi connectivity index (χ3n) is 5.68. The van der Waals surface area contributed by atoms with Crippen molar-refractivity contribution in [3.63, 3.8) is 0 Å². The number of benzene rings is 1. The van der Waals surface area contributed by atoms with E-state index in [0.717, 1.165) is 0 Å². The Morgan fingerprint density at radius 1 is 1.21 bits per heavy atom. The Morgan fingerprint density at radius 3 is 2.55 bits per heavy atom. The van der Waals surface area contributed by atoms with Gasteiger partial charge in [-0.3, -0.25) is 9.48 Å². The summed E-state index contributed by atoms with van der Waals surface area (Å²) in [6.45, 7) is 1.84. The lowest BCUT2D eigenvalue weighted by molar-refractivity contribution is -0.143. The summed E-state index contributed by atoms with van der Waals surface area (Å²) in [5.41, 5.74) is 1.54. The normalized spacial score (nSPS) is 22.4. The van der Waals surface area contributed by atoms with Crippen LogP contribution in [0.5, 0.6) is 0 Å². The zero-order valence-corrected chi connectivity index (χ0v) is 16.8. The summed E-state index contributed by atoms with van der Waals surface area (Å²) in [7, 11) is -3.60. The zero-order chi connectivity index (χ0) is 20.8. The fourth-order valence-electron chi connectivity index (χ4n) is 4.29. The van der Waals surface area contributed by atoms with Crippen molar-refractivity contribution in [3.05, 3.63) is 35.5 Å². The molecule has 1 saturated carbocycles. The highest BCUT2D eigenvalue weighted by Gasteiger charge is 2.38. The van der Waals surface area contributed by atoms with Gasteiger partial charge in [-0.15, -0.1) is 0 Å². The number of hydrogen-bond donors (Lipinski definition) is 1. The van der Waals surface area contributed by atoms with Gasteiger partial charge in [0.05, 0.1) is 34.9 Å². The molecule has 1 fully saturated rings. The summed E-state index contributed by atoms with van der Waals surface area (Å²) < 4.78 is 32.5. The molecule has 0 amide bonds. The third kappa shape index (κ3) is 3.33. The predicted molar refractivity (Wildman–Crippen MR) is 103 cm³/mol. The Morgan fingerprint density at radius 2 is 1.90 bits per heavy atom. The molecule has 4 rings (SSSR count). The van der Waals surface area contributed by atoms with E-state index in [4.69, 9.17) is 4.74 Å². The molecule has 0 radical (unpaired) electrons. The molecule has 8 nitrogen and oxygen atoms in total. The minimum Gasteiger partial charge on any atom is -0.481 e. The van der Waals surface area contributed by atoms with E-state index in [1.54, 1.807) is 35.9 Å². The van der Waals surface area contributed by atoms with E-state index in [2.05, 4.69) is 5.10 Å². The third-order valence-corrected chi connectivity index (χ3v) is 7.38. The highest BCUT2D eigenvalue weighted by molar-refractivity contribution is 7.90. The molecule has 29 heavy (non-hydrogen) atoms. The molecular formula is C20H22N2O6S. The fourth-order valence-corrected chi connectivity index (χ4v) is 5.88. The van der Waals surface area contributed by atoms with Gasteiger partial charge in [-0.25, -0.2) is 13.2 Å². The van der Waals surface area contributed by atoms with Crippen LogP contribution in [0.1, 0.15) is 54.7 Å². The maximum Gasteiger partial charge on any atom is 0.359 e. The maximum absolute atomic E-state index is 12.8. The van der Waals surface area contributed by atoms with Gasteiger partial charge in [0.2, 0.25) is 0 Å². The van der Waals surface area contributed by atoms with Crippen LogP contribution in [0.2, 0.25) is 0 Å². The van der Waals surface area contributed by atoms with Crippen LogP contribution in [0, 0.1) is 5.92 Å². The first-order valence-electron chi connectivity index (χ1n) is 9.67. The smallest absolute Gasteiger partial charge is 0.359 e. The van der Waals surface area contributed by atoms with Crippen molar-refractivity contribution in [1.82, 2.24) is 9.78 Å². The molecule has 1 N–H and O–H groups in total. The summed E-state index contributed by atoms with van der Waals surface area (Å²) >= 11 is 0. The minimum absolute atomic E-state index is 0.0280. The lowest BCUT2D eigenvalue weighted by Gasteiger charge is -2.29. The molecule has 0 bridgehead atoms. The molecule has 0 spiro atoms. The lowest BCUT2D eigenvalue weighted by atomic mass is 9.86. The molecule has 1 aliphatic heterocycles. The summed E-state index contributed by atoms with van der Waals surface area (Å²) in [5, 5.41) is 13.8. The van der Waals surface area contributed by atoms with Crippen molar-refractivity contribution >= 4 is 21.8 Å². The van der Waals surface area contributed by atoms with Gasteiger partial charge in [-0.05, 0) is 38.7 Å². The molecule has 2 aromatic rings. The fraction of sp³-hybridized carbons (Fsp3) is 0.450. The largest absolute Gasteiger partial charge is 0.481 e. The summed E-state index contributed by atoms with van der Waals surface area (Å²) in [6.07, 6.45) is 2.23. The number of carboxylic acid groups (broad SMARTS) is 1. The Hall–Kier alpha value is -2.68. The number of nitrogens with zero attached hydrogens (tertiary/aromatic N) is 2. The van der Waals surface area contributed by atoms with E-state index in [1.807, 2.05) is 0 Å². The Balaban J connectivity index is 1.85. The molecule has 0 unspecified atom stereocenters. The summed E-state index contributed by atoms with van der Waals surface area (Å²) in [6, 6.07) is 6.62. The predicted octanol–water partition coefficient (Wildman–Crippen LogP) is 2.83. The standard InChI is InChI=1S/C20H22N2O6S/c1-2-28-20(25)17-15-11-29(26,27)16-6-4-3-5-14(16)18(15)22(21-17)13-9-7-12(8-10-13)19(23)24/h3-6,12-13H,2,7-11H2,1H3,(H,23,24). The maximum atomic E-state index is 12.8. The van der Waals surface area contributed by atoms with Crippen molar-refractivity contribution in [2.45, 2.75) is 49.3 Å². The van der Waals surface area contributed by atoms with E-state index in [9.17, 15) is 23.1 Å². The molecule has 1 aromatic carbocycles. The van der Waals surface area contributed by atoms with E-state index in [0.29, 0.717) is 42.5 Å². The van der Waals surface area contributed by atoms with Crippen LogP contribution < -0.4 is 0 Å². The average Bonchev–Trinajstić information content (AvgIpc) is 3.07. The second-order valence-electron chi connectivity index (χ2n) is 7.44. The van der Waals surface area contributed by atoms with Gasteiger partial charge in [0, 0.05) is 11.1 Å². The van der Waals surface area contributed by atoms with Gasteiger partial charge >= 0.3 is 11.9 Å². The van der Waals surface area contributed by atoms with Crippen LogP contribution in [0.15, 0.2) is 29.2 Å². The van der Waals surface area contributed by atoms with E-state index in [1.165, 1.54) is 0 Å². The van der Waals surface area contributed by atoms with Gasteiger partial charge < -0.3 is 9.84 Å². The highest BCUT2D eigenvalue weighted by Crippen LogP contribution is 2.43.